The average molecular weight is 315 g/mol. The number of sulfone groups is 1. The zero-order chi connectivity index (χ0) is 12.5. The summed E-state index contributed by atoms with van der Waals surface area (Å²) in [7, 11) is -3.14. The first kappa shape index (κ1) is 12.3. The molecular weight excluding hydrogens is 304 g/mol. The molecule has 90 valence electrons. The minimum Gasteiger partial charge on any atom is -0.241 e. The van der Waals surface area contributed by atoms with E-state index < -0.39 is 9.84 Å². The molecule has 1 aromatic carbocycles. The number of nitrogens with zero attached hydrogens (tertiary/aromatic N) is 2. The van der Waals surface area contributed by atoms with E-state index in [0.29, 0.717) is 4.90 Å². The van der Waals surface area contributed by atoms with E-state index in [1.807, 2.05) is 6.20 Å². The highest BCUT2D eigenvalue weighted by atomic mass is 79.9. The van der Waals surface area contributed by atoms with E-state index in [0.717, 1.165) is 16.6 Å². The molecule has 0 radical (unpaired) electrons. The maximum atomic E-state index is 11.3. The van der Waals surface area contributed by atoms with E-state index in [1.54, 1.807) is 35.1 Å². The molecule has 0 aliphatic carbocycles. The molecule has 0 spiro atoms. The summed E-state index contributed by atoms with van der Waals surface area (Å²) in [5.74, 6) is 0. The summed E-state index contributed by atoms with van der Waals surface area (Å²) in [5.41, 5.74) is 1.90. The van der Waals surface area contributed by atoms with Gasteiger partial charge in [-0.25, -0.2) is 13.1 Å². The highest BCUT2D eigenvalue weighted by Gasteiger charge is 2.07. The van der Waals surface area contributed by atoms with Crippen molar-refractivity contribution in [3.8, 4) is 5.69 Å². The maximum Gasteiger partial charge on any atom is 0.175 e. The van der Waals surface area contributed by atoms with Crippen LogP contribution in [0.3, 0.4) is 0 Å². The zero-order valence-electron chi connectivity index (χ0n) is 9.17. The second kappa shape index (κ2) is 4.62. The average Bonchev–Trinajstić information content (AvgIpc) is 2.76. The Kier molecular flexibility index (Phi) is 3.35. The summed E-state index contributed by atoms with van der Waals surface area (Å²) >= 11 is 3.35. The quantitative estimate of drug-likeness (QED) is 0.816. The van der Waals surface area contributed by atoms with Crippen LogP contribution in [-0.4, -0.2) is 24.5 Å². The molecule has 0 amide bonds. The molecular formula is C11H11BrN2O2S. The second-order valence-corrected chi connectivity index (χ2v) is 6.27. The second-order valence-electron chi connectivity index (χ2n) is 3.69. The Bertz CT molecular complexity index is 617. The third-order valence-corrected chi connectivity index (χ3v) is 4.10. The van der Waals surface area contributed by atoms with Crippen LogP contribution in [0.25, 0.3) is 5.69 Å². The van der Waals surface area contributed by atoms with Crippen molar-refractivity contribution in [2.75, 3.05) is 6.26 Å². The van der Waals surface area contributed by atoms with E-state index >= 15 is 0 Å². The van der Waals surface area contributed by atoms with Crippen LogP contribution in [0.2, 0.25) is 0 Å². The van der Waals surface area contributed by atoms with Crippen molar-refractivity contribution >= 4 is 25.8 Å². The van der Waals surface area contributed by atoms with Crippen molar-refractivity contribution in [3.63, 3.8) is 0 Å². The van der Waals surface area contributed by atoms with Crippen molar-refractivity contribution in [2.24, 2.45) is 0 Å². The van der Waals surface area contributed by atoms with Crippen molar-refractivity contribution in [2.45, 2.75) is 10.2 Å². The molecule has 0 saturated heterocycles. The number of hydrogen-bond acceptors (Lipinski definition) is 3. The molecule has 17 heavy (non-hydrogen) atoms. The maximum absolute atomic E-state index is 11.3. The number of hydrogen-bond donors (Lipinski definition) is 0. The van der Waals surface area contributed by atoms with Crippen LogP contribution in [0.5, 0.6) is 0 Å². The summed E-state index contributed by atoms with van der Waals surface area (Å²) in [6.07, 6.45) is 4.85. The van der Waals surface area contributed by atoms with Crippen molar-refractivity contribution in [1.29, 1.82) is 0 Å². The van der Waals surface area contributed by atoms with E-state index in [-0.39, 0.29) is 0 Å². The van der Waals surface area contributed by atoms with Crippen LogP contribution >= 0.6 is 15.9 Å². The van der Waals surface area contributed by atoms with Crippen LogP contribution in [0.1, 0.15) is 5.56 Å². The van der Waals surface area contributed by atoms with Gasteiger partial charge in [0.05, 0.1) is 16.8 Å². The molecule has 1 aromatic heterocycles. The van der Waals surface area contributed by atoms with Crippen LogP contribution in [0.4, 0.5) is 0 Å². The van der Waals surface area contributed by atoms with Gasteiger partial charge in [0.1, 0.15) is 0 Å². The van der Waals surface area contributed by atoms with Crippen molar-refractivity contribution in [3.05, 3.63) is 42.2 Å². The predicted octanol–water partition coefficient (Wildman–Crippen LogP) is 2.17. The van der Waals surface area contributed by atoms with Crippen LogP contribution in [0, 0.1) is 0 Å². The number of halogens is 1. The standard InChI is InChI=1S/C11H11BrN2O2S/c1-17(15,16)11-4-2-10(3-5-11)14-8-9(6-12)7-13-14/h2-5,7-8H,6H2,1H3. The lowest BCUT2D eigenvalue weighted by molar-refractivity contribution is 0.602. The molecule has 1 heterocycles. The number of aromatic nitrogens is 2. The molecule has 0 atom stereocenters. The largest absolute Gasteiger partial charge is 0.241 e. The Balaban J connectivity index is 2.35. The Morgan fingerprint density at radius 2 is 1.94 bits per heavy atom. The highest BCUT2D eigenvalue weighted by Crippen LogP contribution is 2.14. The summed E-state index contributed by atoms with van der Waals surface area (Å²) in [5, 5.41) is 4.93. The Labute approximate surface area is 108 Å². The smallest absolute Gasteiger partial charge is 0.175 e. The van der Waals surface area contributed by atoms with Gasteiger partial charge in [-0.2, -0.15) is 5.10 Å². The van der Waals surface area contributed by atoms with Gasteiger partial charge in [-0.1, -0.05) is 15.9 Å². The van der Waals surface area contributed by atoms with Gasteiger partial charge in [-0.3, -0.25) is 0 Å². The van der Waals surface area contributed by atoms with Crippen molar-refractivity contribution in [1.82, 2.24) is 9.78 Å². The fraction of sp³-hybridized carbons (Fsp3) is 0.182. The van der Waals surface area contributed by atoms with Crippen LogP contribution in [0.15, 0.2) is 41.6 Å². The number of benzene rings is 1. The van der Waals surface area contributed by atoms with Crippen LogP contribution < -0.4 is 0 Å². The number of alkyl halides is 1. The predicted molar refractivity (Wildman–Crippen MR) is 69.3 cm³/mol. The third kappa shape index (κ3) is 2.76. The van der Waals surface area contributed by atoms with E-state index in [9.17, 15) is 8.42 Å². The normalized spacial score (nSPS) is 11.6. The molecule has 0 bridgehead atoms. The molecule has 2 aromatic rings. The molecule has 0 fully saturated rings. The molecule has 2 rings (SSSR count). The van der Waals surface area contributed by atoms with Gasteiger partial charge >= 0.3 is 0 Å². The minimum absolute atomic E-state index is 0.314. The van der Waals surface area contributed by atoms with Gasteiger partial charge in [-0.15, -0.1) is 0 Å². The molecule has 4 nitrogen and oxygen atoms in total. The molecule has 0 aliphatic rings. The fourth-order valence-corrected chi connectivity index (χ4v) is 2.34. The van der Waals surface area contributed by atoms with Gasteiger partial charge in [0, 0.05) is 23.3 Å². The topological polar surface area (TPSA) is 52.0 Å². The lowest BCUT2D eigenvalue weighted by Gasteiger charge is -2.02. The molecule has 0 aliphatic heterocycles. The molecule has 6 heteroatoms. The monoisotopic (exact) mass is 314 g/mol. The highest BCUT2D eigenvalue weighted by molar-refractivity contribution is 9.08. The summed E-state index contributed by atoms with van der Waals surface area (Å²) < 4.78 is 24.3. The summed E-state index contributed by atoms with van der Waals surface area (Å²) in [6.45, 7) is 0. The minimum atomic E-state index is -3.14. The summed E-state index contributed by atoms with van der Waals surface area (Å²) in [6, 6.07) is 6.64. The van der Waals surface area contributed by atoms with E-state index in [4.69, 9.17) is 0 Å². The Morgan fingerprint density at radius 3 is 2.41 bits per heavy atom. The van der Waals surface area contributed by atoms with Gasteiger partial charge in [0.2, 0.25) is 0 Å². The van der Waals surface area contributed by atoms with Gasteiger partial charge in [0.25, 0.3) is 0 Å². The molecule has 0 N–H and O–H groups in total. The van der Waals surface area contributed by atoms with Gasteiger partial charge in [-0.05, 0) is 24.3 Å². The lowest BCUT2D eigenvalue weighted by Crippen LogP contribution is -1.99. The van der Waals surface area contributed by atoms with E-state index in [1.165, 1.54) is 6.26 Å². The zero-order valence-corrected chi connectivity index (χ0v) is 11.6. The first-order valence-electron chi connectivity index (χ1n) is 4.91. The lowest BCUT2D eigenvalue weighted by atomic mass is 10.3. The fourth-order valence-electron chi connectivity index (χ4n) is 1.42. The SMILES string of the molecule is CS(=O)(=O)c1ccc(-n2cc(CBr)cn2)cc1. The van der Waals surface area contributed by atoms with Crippen molar-refractivity contribution < 1.29 is 8.42 Å². The first-order valence-corrected chi connectivity index (χ1v) is 7.92. The Hall–Kier alpha value is -1.14. The third-order valence-electron chi connectivity index (χ3n) is 2.32. The Morgan fingerprint density at radius 1 is 1.29 bits per heavy atom. The molecule has 0 unspecified atom stereocenters. The molecule has 0 saturated carbocycles. The number of rotatable bonds is 3. The first-order chi connectivity index (χ1) is 8.00. The van der Waals surface area contributed by atoms with Gasteiger partial charge in [0.15, 0.2) is 9.84 Å². The summed E-state index contributed by atoms with van der Waals surface area (Å²) in [4.78, 5) is 0.314. The van der Waals surface area contributed by atoms with Gasteiger partial charge < -0.3 is 0 Å². The van der Waals surface area contributed by atoms with Crippen LogP contribution in [-0.2, 0) is 15.2 Å². The van der Waals surface area contributed by atoms with E-state index in [2.05, 4.69) is 21.0 Å².